The van der Waals surface area contributed by atoms with Crippen molar-refractivity contribution in [2.75, 3.05) is 37.3 Å². The molecular formula is C16H17N3O5S2. The number of hydrogen-bond donors (Lipinski definition) is 0. The maximum absolute atomic E-state index is 12.5. The summed E-state index contributed by atoms with van der Waals surface area (Å²) in [5.41, 5.74) is 0.390. The van der Waals surface area contributed by atoms with Gasteiger partial charge in [0.05, 0.1) is 4.92 Å². The predicted octanol–water partition coefficient (Wildman–Crippen LogP) is 2.02. The number of benzene rings is 1. The van der Waals surface area contributed by atoms with Gasteiger partial charge >= 0.3 is 5.69 Å². The van der Waals surface area contributed by atoms with Gasteiger partial charge in [-0.25, -0.2) is 8.42 Å². The fraction of sp³-hybridized carbons (Fsp3) is 0.312. The van der Waals surface area contributed by atoms with Crippen molar-refractivity contribution in [3.8, 4) is 0 Å². The summed E-state index contributed by atoms with van der Waals surface area (Å²) in [5.74, 6) is -0.0808. The van der Waals surface area contributed by atoms with Crippen LogP contribution in [0.4, 0.5) is 10.7 Å². The first-order chi connectivity index (χ1) is 12.3. The normalized spacial score (nSPS) is 15.1. The van der Waals surface area contributed by atoms with Crippen molar-refractivity contribution < 1.29 is 18.1 Å². The molecule has 0 atom stereocenters. The van der Waals surface area contributed by atoms with E-state index in [2.05, 4.69) is 0 Å². The quantitative estimate of drug-likeness (QED) is 0.580. The molecule has 1 aliphatic rings. The second-order valence-electron chi connectivity index (χ2n) is 5.93. The highest BCUT2D eigenvalue weighted by Crippen LogP contribution is 2.40. The molecule has 3 rings (SSSR count). The minimum atomic E-state index is -3.51. The molecular weight excluding hydrogens is 378 g/mol. The fourth-order valence-electron chi connectivity index (χ4n) is 2.77. The van der Waals surface area contributed by atoms with Crippen LogP contribution in [0, 0.1) is 10.1 Å². The first-order valence-corrected chi connectivity index (χ1v) is 10.6. The van der Waals surface area contributed by atoms with Crippen molar-refractivity contribution in [3.63, 3.8) is 0 Å². The Labute approximate surface area is 154 Å². The minimum Gasteiger partial charge on any atom is -0.354 e. The summed E-state index contributed by atoms with van der Waals surface area (Å²) >= 11 is 0.900. The Bertz CT molecular complexity index is 932. The molecule has 2 heterocycles. The second-order valence-corrected chi connectivity index (χ2v) is 9.20. The third-order valence-electron chi connectivity index (χ3n) is 4.11. The molecule has 0 unspecified atom stereocenters. The van der Waals surface area contributed by atoms with Crippen LogP contribution < -0.4 is 4.90 Å². The van der Waals surface area contributed by atoms with Crippen LogP contribution in [-0.2, 0) is 9.84 Å². The summed E-state index contributed by atoms with van der Waals surface area (Å²) in [6.45, 7) is 1.64. The number of carbonyl (C=O) groups excluding carboxylic acids is 1. The van der Waals surface area contributed by atoms with Crippen molar-refractivity contribution in [1.29, 1.82) is 0 Å². The van der Waals surface area contributed by atoms with Gasteiger partial charge < -0.3 is 9.80 Å². The predicted molar refractivity (Wildman–Crippen MR) is 98.6 cm³/mol. The third-order valence-corrected chi connectivity index (χ3v) is 7.09. The second kappa shape index (κ2) is 7.04. The molecule has 138 valence electrons. The zero-order chi connectivity index (χ0) is 18.9. The van der Waals surface area contributed by atoms with Crippen LogP contribution in [0.25, 0.3) is 0 Å². The maximum atomic E-state index is 12.5. The zero-order valence-corrected chi connectivity index (χ0v) is 15.6. The molecule has 10 heteroatoms. The van der Waals surface area contributed by atoms with Crippen LogP contribution in [0.2, 0.25) is 0 Å². The van der Waals surface area contributed by atoms with Crippen molar-refractivity contribution in [1.82, 2.24) is 4.90 Å². The molecule has 0 saturated carbocycles. The van der Waals surface area contributed by atoms with E-state index in [0.717, 1.165) is 23.7 Å². The lowest BCUT2D eigenvalue weighted by molar-refractivity contribution is -0.383. The monoisotopic (exact) mass is 395 g/mol. The number of nitro groups is 1. The highest BCUT2D eigenvalue weighted by molar-refractivity contribution is 7.92. The summed E-state index contributed by atoms with van der Waals surface area (Å²) in [6.07, 6.45) is 1.03. The molecule has 0 bridgehead atoms. The molecule has 8 nitrogen and oxygen atoms in total. The summed E-state index contributed by atoms with van der Waals surface area (Å²) in [7, 11) is -3.51. The van der Waals surface area contributed by atoms with Gasteiger partial charge in [-0.2, -0.15) is 0 Å². The van der Waals surface area contributed by atoms with Crippen LogP contribution in [0.5, 0.6) is 0 Å². The first kappa shape index (κ1) is 18.3. The number of piperazine rings is 1. The van der Waals surface area contributed by atoms with E-state index in [1.165, 1.54) is 0 Å². The number of sulfone groups is 1. The summed E-state index contributed by atoms with van der Waals surface area (Å²) in [6, 6.07) is 10.0. The number of nitrogens with zero attached hydrogens (tertiary/aromatic N) is 3. The Morgan fingerprint density at radius 3 is 2.31 bits per heavy atom. The lowest BCUT2D eigenvalue weighted by atomic mass is 10.2. The van der Waals surface area contributed by atoms with Gasteiger partial charge in [-0.15, -0.1) is 0 Å². The number of carbonyl (C=O) groups is 1. The standard InChI is InChI=1S/C16H17N3O5S2/c1-26(23,24)14-11-13(19(21)22)16(25-14)18-9-7-17(8-10-18)15(20)12-5-3-2-4-6-12/h2-6,11H,7-10H2,1H3. The van der Waals surface area contributed by atoms with Crippen molar-refractivity contribution >= 4 is 37.8 Å². The molecule has 1 aromatic carbocycles. The van der Waals surface area contributed by atoms with Crippen LogP contribution >= 0.6 is 11.3 Å². The van der Waals surface area contributed by atoms with Crippen LogP contribution in [0.1, 0.15) is 10.4 Å². The third kappa shape index (κ3) is 3.70. The topological polar surface area (TPSA) is 101 Å². The lowest BCUT2D eigenvalue weighted by Crippen LogP contribution is -2.48. The zero-order valence-electron chi connectivity index (χ0n) is 14.0. The van der Waals surface area contributed by atoms with E-state index >= 15 is 0 Å². The molecule has 1 saturated heterocycles. The number of amides is 1. The molecule has 1 amide bonds. The van der Waals surface area contributed by atoms with Gasteiger partial charge in [0.1, 0.15) is 4.21 Å². The molecule has 2 aromatic rings. The Morgan fingerprint density at radius 1 is 1.15 bits per heavy atom. The molecule has 0 spiro atoms. The van der Waals surface area contributed by atoms with Gasteiger partial charge in [-0.05, 0) is 12.1 Å². The molecule has 1 fully saturated rings. The fourth-order valence-corrected chi connectivity index (χ4v) is 4.85. The highest BCUT2D eigenvalue weighted by Gasteiger charge is 2.30. The van der Waals surface area contributed by atoms with Gasteiger partial charge in [-0.3, -0.25) is 14.9 Å². The van der Waals surface area contributed by atoms with E-state index in [9.17, 15) is 23.3 Å². The number of rotatable bonds is 4. The van der Waals surface area contributed by atoms with Gasteiger partial charge in [-0.1, -0.05) is 29.5 Å². The van der Waals surface area contributed by atoms with Crippen molar-refractivity contribution in [2.24, 2.45) is 0 Å². The van der Waals surface area contributed by atoms with E-state index < -0.39 is 14.8 Å². The Morgan fingerprint density at radius 2 is 1.77 bits per heavy atom. The van der Waals surface area contributed by atoms with Gasteiger partial charge in [0.25, 0.3) is 5.91 Å². The van der Waals surface area contributed by atoms with Crippen molar-refractivity contribution in [3.05, 3.63) is 52.1 Å². The molecule has 1 aliphatic heterocycles. The SMILES string of the molecule is CS(=O)(=O)c1cc([N+](=O)[O-])c(N2CCN(C(=O)c3ccccc3)CC2)s1. The Kier molecular flexibility index (Phi) is 4.97. The molecule has 26 heavy (non-hydrogen) atoms. The van der Waals surface area contributed by atoms with Crippen molar-refractivity contribution in [2.45, 2.75) is 4.21 Å². The Hall–Kier alpha value is -2.46. The number of hydrogen-bond acceptors (Lipinski definition) is 7. The summed E-state index contributed by atoms with van der Waals surface area (Å²) in [5, 5.41) is 11.6. The van der Waals surface area contributed by atoms with Crippen LogP contribution in [0.3, 0.4) is 0 Å². The average molecular weight is 395 g/mol. The molecule has 0 radical (unpaired) electrons. The Balaban J connectivity index is 1.77. The maximum Gasteiger partial charge on any atom is 0.305 e. The van der Waals surface area contributed by atoms with E-state index in [-0.39, 0.29) is 15.8 Å². The largest absolute Gasteiger partial charge is 0.354 e. The highest BCUT2D eigenvalue weighted by atomic mass is 32.2. The summed E-state index contributed by atoms with van der Waals surface area (Å²) < 4.78 is 23.4. The number of anilines is 1. The van der Waals surface area contributed by atoms with E-state index in [1.54, 1.807) is 34.1 Å². The molecule has 1 aromatic heterocycles. The average Bonchev–Trinajstić information content (AvgIpc) is 3.08. The molecule has 0 N–H and O–H groups in total. The van der Waals surface area contributed by atoms with Crippen LogP contribution in [-0.4, -0.2) is 56.6 Å². The lowest BCUT2D eigenvalue weighted by Gasteiger charge is -2.35. The first-order valence-electron chi connectivity index (χ1n) is 7.85. The van der Waals surface area contributed by atoms with Crippen LogP contribution in [0.15, 0.2) is 40.6 Å². The minimum absolute atomic E-state index is 0.0259. The van der Waals surface area contributed by atoms with Gasteiger partial charge in [0, 0.05) is 44.1 Å². The molecule has 0 aliphatic carbocycles. The van der Waals surface area contributed by atoms with E-state index in [0.29, 0.717) is 36.7 Å². The summed E-state index contributed by atoms with van der Waals surface area (Å²) in [4.78, 5) is 26.7. The van der Waals surface area contributed by atoms with Gasteiger partial charge in [0.2, 0.25) is 0 Å². The smallest absolute Gasteiger partial charge is 0.305 e. The van der Waals surface area contributed by atoms with E-state index in [1.807, 2.05) is 6.07 Å². The van der Waals surface area contributed by atoms with Gasteiger partial charge in [0.15, 0.2) is 14.8 Å². The van der Waals surface area contributed by atoms with E-state index in [4.69, 9.17) is 0 Å². The number of thiophene rings is 1.